The first-order chi connectivity index (χ1) is 9.47. The van der Waals surface area contributed by atoms with E-state index in [4.69, 9.17) is 5.21 Å². The van der Waals surface area contributed by atoms with E-state index >= 15 is 0 Å². The summed E-state index contributed by atoms with van der Waals surface area (Å²) >= 11 is 0. The van der Waals surface area contributed by atoms with Crippen LogP contribution in [-0.2, 0) is 23.9 Å². The summed E-state index contributed by atoms with van der Waals surface area (Å²) in [6.45, 7) is 0. The zero-order chi connectivity index (χ0) is 14.9. The smallest absolute Gasteiger partial charge is 0.384 e. The molecule has 0 bridgehead atoms. The van der Waals surface area contributed by atoms with Gasteiger partial charge in [-0.3, -0.25) is 14.4 Å². The molecule has 1 aromatic carbocycles. The Hall–Kier alpha value is -3.03. The summed E-state index contributed by atoms with van der Waals surface area (Å²) in [5.41, 5.74) is -0.648. The van der Waals surface area contributed by atoms with Gasteiger partial charge in [0.2, 0.25) is 6.10 Å². The number of Topliss-reactive ketones (excluding diaryl/α,β-unsaturated/α-hetero) is 3. The Kier molecular flexibility index (Phi) is 3.30. The molecule has 2 rings (SSSR count). The first kappa shape index (κ1) is 13.4. The monoisotopic (exact) mass is 277 g/mol. The maximum atomic E-state index is 11.6. The summed E-state index contributed by atoms with van der Waals surface area (Å²) in [4.78, 5) is 45.1. The van der Waals surface area contributed by atoms with E-state index < -0.39 is 35.1 Å². The van der Waals surface area contributed by atoms with Crippen LogP contribution in [0.25, 0.3) is 0 Å². The Morgan fingerprint density at radius 1 is 1.10 bits per heavy atom. The summed E-state index contributed by atoms with van der Waals surface area (Å²) in [7, 11) is 0. The molecule has 1 heterocycles. The fraction of sp³-hybridized carbons (Fsp3) is 0.0833. The van der Waals surface area contributed by atoms with Crippen molar-refractivity contribution in [2.75, 3.05) is 0 Å². The fourth-order valence-corrected chi connectivity index (χ4v) is 1.66. The number of oxime groups is 1. The number of ether oxygens (including phenoxy) is 1. The number of aromatic hydroxyl groups is 1. The molecule has 1 unspecified atom stereocenters. The summed E-state index contributed by atoms with van der Waals surface area (Å²) in [5, 5.41) is 21.3. The second-order valence-corrected chi connectivity index (χ2v) is 3.81. The minimum absolute atomic E-state index is 0.108. The number of ketones is 3. The van der Waals surface area contributed by atoms with Crippen LogP contribution in [0, 0.1) is 0 Å². The lowest BCUT2D eigenvalue weighted by molar-refractivity contribution is -0.167. The molecular formula is C12H7NO7. The number of phenolic OH excluding ortho intramolecular Hbond substituents is 1. The van der Waals surface area contributed by atoms with E-state index in [0.29, 0.717) is 0 Å². The second kappa shape index (κ2) is 4.92. The number of benzene rings is 1. The number of esters is 1. The van der Waals surface area contributed by atoms with Crippen molar-refractivity contribution < 1.29 is 34.2 Å². The molecule has 0 aromatic heterocycles. The van der Waals surface area contributed by atoms with Gasteiger partial charge in [-0.15, -0.1) is 0 Å². The van der Waals surface area contributed by atoms with Crippen LogP contribution in [-0.4, -0.2) is 45.4 Å². The van der Waals surface area contributed by atoms with E-state index in [1.54, 1.807) is 0 Å². The Morgan fingerprint density at radius 2 is 1.75 bits per heavy atom. The Morgan fingerprint density at radius 3 is 2.35 bits per heavy atom. The fourth-order valence-electron chi connectivity index (χ4n) is 1.66. The predicted molar refractivity (Wildman–Crippen MR) is 61.3 cm³/mol. The number of hydrogen-bond acceptors (Lipinski definition) is 8. The number of nitrogens with zero attached hydrogens (tertiary/aromatic N) is 1. The third-order valence-electron chi connectivity index (χ3n) is 2.61. The molecular weight excluding hydrogens is 270 g/mol. The van der Waals surface area contributed by atoms with Crippen LogP contribution in [0.15, 0.2) is 29.4 Å². The molecule has 1 aromatic rings. The van der Waals surface area contributed by atoms with Crippen LogP contribution in [0.2, 0.25) is 0 Å². The minimum Gasteiger partial charge on any atom is -0.507 e. The molecule has 0 spiro atoms. The molecule has 1 fully saturated rings. The number of carbonyl (C=O) groups excluding carboxylic acids is 4. The van der Waals surface area contributed by atoms with Gasteiger partial charge in [0.25, 0.3) is 11.6 Å². The van der Waals surface area contributed by atoms with Gasteiger partial charge in [-0.2, -0.15) is 0 Å². The zero-order valence-electron chi connectivity index (χ0n) is 9.77. The van der Waals surface area contributed by atoms with Crippen molar-refractivity contribution in [3.63, 3.8) is 0 Å². The number of carbonyl (C=O) groups is 4. The lowest BCUT2D eigenvalue weighted by Gasteiger charge is -2.20. The van der Waals surface area contributed by atoms with Crippen molar-refractivity contribution in [3.05, 3.63) is 29.8 Å². The highest BCUT2D eigenvalue weighted by Gasteiger charge is 2.46. The van der Waals surface area contributed by atoms with Gasteiger partial charge in [0, 0.05) is 5.56 Å². The molecule has 8 nitrogen and oxygen atoms in total. The lowest BCUT2D eigenvalue weighted by atomic mass is 9.96. The van der Waals surface area contributed by atoms with Crippen LogP contribution >= 0.6 is 0 Å². The lowest BCUT2D eigenvalue weighted by Crippen LogP contribution is -2.50. The van der Waals surface area contributed by atoms with Crippen LogP contribution < -0.4 is 0 Å². The van der Waals surface area contributed by atoms with Gasteiger partial charge in [0.1, 0.15) is 11.5 Å². The molecule has 0 amide bonds. The van der Waals surface area contributed by atoms with Gasteiger partial charge >= 0.3 is 11.8 Å². The quantitative estimate of drug-likeness (QED) is 0.238. The standard InChI is InChI=1S/C12H7NO7/c14-6-4-2-1-3-5(6)7(13-19)11-9(16)8(15)10(17)12(18)20-11/h1-4,11,14,19H/b13-7+. The van der Waals surface area contributed by atoms with Gasteiger partial charge < -0.3 is 15.1 Å². The molecule has 102 valence electrons. The van der Waals surface area contributed by atoms with Crippen molar-refractivity contribution in [3.8, 4) is 5.75 Å². The number of para-hydroxylation sites is 1. The van der Waals surface area contributed by atoms with Crippen LogP contribution in [0.4, 0.5) is 0 Å². The predicted octanol–water partition coefficient (Wildman–Crippen LogP) is -0.797. The maximum absolute atomic E-state index is 11.6. The van der Waals surface area contributed by atoms with Crippen LogP contribution in [0.5, 0.6) is 5.75 Å². The molecule has 0 aliphatic carbocycles. The molecule has 1 aliphatic rings. The number of rotatable bonds is 2. The van der Waals surface area contributed by atoms with Crippen LogP contribution in [0.1, 0.15) is 5.56 Å². The summed E-state index contributed by atoms with van der Waals surface area (Å²) in [5.74, 6) is -6.35. The van der Waals surface area contributed by atoms with Gasteiger partial charge in [0.05, 0.1) is 0 Å². The molecule has 0 saturated carbocycles. The van der Waals surface area contributed by atoms with Gasteiger partial charge in [-0.1, -0.05) is 17.3 Å². The van der Waals surface area contributed by atoms with E-state index in [1.165, 1.54) is 24.3 Å². The van der Waals surface area contributed by atoms with Gasteiger partial charge in [-0.25, -0.2) is 4.79 Å². The molecule has 1 atom stereocenters. The third kappa shape index (κ3) is 2.03. The maximum Gasteiger partial charge on any atom is 0.384 e. The zero-order valence-corrected chi connectivity index (χ0v) is 9.77. The van der Waals surface area contributed by atoms with Crippen molar-refractivity contribution in [1.82, 2.24) is 0 Å². The third-order valence-corrected chi connectivity index (χ3v) is 2.61. The molecule has 20 heavy (non-hydrogen) atoms. The molecule has 0 radical (unpaired) electrons. The number of phenols is 1. The van der Waals surface area contributed by atoms with E-state index in [0.717, 1.165) is 0 Å². The van der Waals surface area contributed by atoms with Crippen molar-refractivity contribution in [1.29, 1.82) is 0 Å². The topological polar surface area (TPSA) is 130 Å². The van der Waals surface area contributed by atoms with Crippen molar-refractivity contribution in [2.45, 2.75) is 6.10 Å². The van der Waals surface area contributed by atoms with Gasteiger partial charge in [0.15, 0.2) is 0 Å². The second-order valence-electron chi connectivity index (χ2n) is 3.81. The van der Waals surface area contributed by atoms with E-state index in [1.807, 2.05) is 0 Å². The summed E-state index contributed by atoms with van der Waals surface area (Å²) < 4.78 is 4.48. The summed E-state index contributed by atoms with van der Waals surface area (Å²) in [6, 6.07) is 5.45. The molecule has 1 saturated heterocycles. The Bertz CT molecular complexity index is 662. The largest absolute Gasteiger partial charge is 0.507 e. The minimum atomic E-state index is -1.87. The normalized spacial score (nSPS) is 20.0. The van der Waals surface area contributed by atoms with Crippen LogP contribution in [0.3, 0.4) is 0 Å². The molecule has 2 N–H and O–H groups in total. The Balaban J connectivity index is 2.46. The first-order valence-electron chi connectivity index (χ1n) is 5.31. The highest BCUT2D eigenvalue weighted by molar-refractivity contribution is 6.80. The van der Waals surface area contributed by atoms with E-state index in [9.17, 15) is 24.3 Å². The highest BCUT2D eigenvalue weighted by atomic mass is 16.6. The van der Waals surface area contributed by atoms with Crippen molar-refractivity contribution >= 4 is 29.0 Å². The molecule has 8 heteroatoms. The number of cyclic esters (lactones) is 1. The highest BCUT2D eigenvalue weighted by Crippen LogP contribution is 2.21. The Labute approximate surface area is 111 Å². The van der Waals surface area contributed by atoms with Gasteiger partial charge in [-0.05, 0) is 12.1 Å². The average Bonchev–Trinajstić information content (AvgIpc) is 2.44. The van der Waals surface area contributed by atoms with Crippen molar-refractivity contribution in [2.24, 2.45) is 5.16 Å². The number of hydrogen-bond donors (Lipinski definition) is 2. The van der Waals surface area contributed by atoms with E-state index in [-0.39, 0.29) is 11.3 Å². The molecule has 1 aliphatic heterocycles. The summed E-state index contributed by atoms with van der Waals surface area (Å²) in [6.07, 6.45) is -1.87. The first-order valence-corrected chi connectivity index (χ1v) is 5.31. The average molecular weight is 277 g/mol. The SMILES string of the molecule is O=C1OC(/C(=N/O)c2ccccc2O)C(=O)C(=O)C1=O. The van der Waals surface area contributed by atoms with E-state index in [2.05, 4.69) is 9.89 Å².